The van der Waals surface area contributed by atoms with Crippen molar-refractivity contribution in [2.75, 3.05) is 13.2 Å². The number of benzene rings is 2. The smallest absolute Gasteiger partial charge is 0.222 e. The second kappa shape index (κ2) is 5.55. The van der Waals surface area contributed by atoms with E-state index in [1.807, 2.05) is 36.4 Å². The molecule has 98 valence electrons. The van der Waals surface area contributed by atoms with Gasteiger partial charge < -0.3 is 9.47 Å². The average molecular weight is 254 g/mol. The summed E-state index contributed by atoms with van der Waals surface area (Å²) < 4.78 is 12.3. The van der Waals surface area contributed by atoms with Crippen molar-refractivity contribution in [2.45, 2.75) is 18.6 Å². The average Bonchev–Trinajstić information content (AvgIpc) is 2.76. The minimum atomic E-state index is -0.751. The first-order valence-corrected chi connectivity index (χ1v) is 6.81. The van der Waals surface area contributed by atoms with Gasteiger partial charge >= 0.3 is 0 Å². The van der Waals surface area contributed by atoms with E-state index < -0.39 is 5.79 Å². The Hall–Kier alpha value is -1.64. The second-order valence-corrected chi connectivity index (χ2v) is 4.75. The molecule has 3 rings (SSSR count). The van der Waals surface area contributed by atoms with E-state index in [-0.39, 0.29) is 0 Å². The Morgan fingerprint density at radius 3 is 1.47 bits per heavy atom. The monoisotopic (exact) mass is 254 g/mol. The molecule has 0 radical (unpaired) electrons. The summed E-state index contributed by atoms with van der Waals surface area (Å²) in [7, 11) is 0. The third-order valence-electron chi connectivity index (χ3n) is 3.46. The number of hydrogen-bond donors (Lipinski definition) is 0. The van der Waals surface area contributed by atoms with Gasteiger partial charge in [-0.3, -0.25) is 0 Å². The van der Waals surface area contributed by atoms with Gasteiger partial charge in [0.25, 0.3) is 0 Å². The van der Waals surface area contributed by atoms with Crippen LogP contribution < -0.4 is 0 Å². The van der Waals surface area contributed by atoms with E-state index in [1.54, 1.807) is 0 Å². The third kappa shape index (κ3) is 2.42. The fourth-order valence-electron chi connectivity index (χ4n) is 2.49. The van der Waals surface area contributed by atoms with E-state index in [0.717, 1.165) is 37.2 Å². The molecule has 0 saturated carbocycles. The highest BCUT2D eigenvalue weighted by Gasteiger charge is 2.37. The summed E-state index contributed by atoms with van der Waals surface area (Å²) in [4.78, 5) is 0. The lowest BCUT2D eigenvalue weighted by Gasteiger charge is -2.33. The molecule has 0 aromatic heterocycles. The van der Waals surface area contributed by atoms with Gasteiger partial charge in [0.1, 0.15) is 0 Å². The van der Waals surface area contributed by atoms with Crippen LogP contribution in [0.5, 0.6) is 0 Å². The van der Waals surface area contributed by atoms with Crippen molar-refractivity contribution >= 4 is 0 Å². The quantitative estimate of drug-likeness (QED) is 0.813. The maximum Gasteiger partial charge on any atom is 0.222 e. The van der Waals surface area contributed by atoms with Gasteiger partial charge in [-0.25, -0.2) is 0 Å². The molecule has 0 N–H and O–H groups in total. The Kier molecular flexibility index (Phi) is 3.62. The third-order valence-corrected chi connectivity index (χ3v) is 3.46. The van der Waals surface area contributed by atoms with Crippen LogP contribution in [0, 0.1) is 0 Å². The van der Waals surface area contributed by atoms with Gasteiger partial charge in [-0.1, -0.05) is 60.7 Å². The molecule has 1 heterocycles. The first kappa shape index (κ1) is 12.4. The zero-order valence-corrected chi connectivity index (χ0v) is 10.9. The van der Waals surface area contributed by atoms with Crippen LogP contribution in [0.3, 0.4) is 0 Å². The minimum absolute atomic E-state index is 0.726. The molecule has 2 aromatic rings. The summed E-state index contributed by atoms with van der Waals surface area (Å²) in [6, 6.07) is 20.4. The number of hydrogen-bond acceptors (Lipinski definition) is 2. The largest absolute Gasteiger partial charge is 0.342 e. The van der Waals surface area contributed by atoms with Crippen molar-refractivity contribution in [1.82, 2.24) is 0 Å². The minimum Gasteiger partial charge on any atom is -0.342 e. The van der Waals surface area contributed by atoms with Gasteiger partial charge in [-0.2, -0.15) is 0 Å². The van der Waals surface area contributed by atoms with Gasteiger partial charge in [0, 0.05) is 11.1 Å². The van der Waals surface area contributed by atoms with Crippen LogP contribution in [0.4, 0.5) is 0 Å². The van der Waals surface area contributed by atoms with E-state index in [0.29, 0.717) is 0 Å². The highest BCUT2D eigenvalue weighted by Crippen LogP contribution is 2.36. The maximum absolute atomic E-state index is 6.14. The number of rotatable bonds is 2. The van der Waals surface area contributed by atoms with Crippen LogP contribution in [-0.2, 0) is 15.3 Å². The normalized spacial score (nSPS) is 18.7. The summed E-state index contributed by atoms with van der Waals surface area (Å²) in [5.74, 6) is -0.751. The molecular formula is C17H18O2. The standard InChI is InChI=1S/C17H18O2/c1-3-9-15(10-4-1)17(16-11-5-2-6-12-16)18-13-7-8-14-19-17/h1-6,9-12H,7-8,13-14H2. The Labute approximate surface area is 114 Å². The zero-order valence-electron chi connectivity index (χ0n) is 10.9. The van der Waals surface area contributed by atoms with Crippen LogP contribution in [0.25, 0.3) is 0 Å². The molecular weight excluding hydrogens is 236 g/mol. The topological polar surface area (TPSA) is 18.5 Å². The molecule has 0 aliphatic carbocycles. The molecule has 0 bridgehead atoms. The van der Waals surface area contributed by atoms with Crippen molar-refractivity contribution in [2.24, 2.45) is 0 Å². The molecule has 0 unspecified atom stereocenters. The first-order valence-electron chi connectivity index (χ1n) is 6.81. The van der Waals surface area contributed by atoms with Crippen LogP contribution in [0.15, 0.2) is 60.7 Å². The molecule has 2 nitrogen and oxygen atoms in total. The van der Waals surface area contributed by atoms with Gasteiger partial charge in [0.2, 0.25) is 5.79 Å². The van der Waals surface area contributed by atoms with Crippen LogP contribution in [-0.4, -0.2) is 13.2 Å². The lowest BCUT2D eigenvalue weighted by atomic mass is 9.97. The summed E-state index contributed by atoms with van der Waals surface area (Å²) in [6.45, 7) is 1.45. The Bertz CT molecular complexity index is 458. The van der Waals surface area contributed by atoms with Crippen molar-refractivity contribution in [1.29, 1.82) is 0 Å². The predicted octanol–water partition coefficient (Wildman–Crippen LogP) is 3.71. The van der Waals surface area contributed by atoms with Gasteiger partial charge in [-0.15, -0.1) is 0 Å². The fraction of sp³-hybridized carbons (Fsp3) is 0.294. The molecule has 2 aromatic carbocycles. The van der Waals surface area contributed by atoms with E-state index >= 15 is 0 Å². The van der Waals surface area contributed by atoms with Gasteiger partial charge in [0.05, 0.1) is 13.2 Å². The van der Waals surface area contributed by atoms with E-state index in [4.69, 9.17) is 9.47 Å². The van der Waals surface area contributed by atoms with Crippen LogP contribution >= 0.6 is 0 Å². The summed E-state index contributed by atoms with van der Waals surface area (Å²) >= 11 is 0. The zero-order chi connectivity index (χ0) is 13.0. The molecule has 0 amide bonds. The predicted molar refractivity (Wildman–Crippen MR) is 74.8 cm³/mol. The van der Waals surface area contributed by atoms with Crippen molar-refractivity contribution in [3.8, 4) is 0 Å². The molecule has 19 heavy (non-hydrogen) atoms. The SMILES string of the molecule is c1ccc(C2(c3ccccc3)OCCCCO2)cc1. The summed E-state index contributed by atoms with van der Waals surface area (Å²) in [5.41, 5.74) is 2.12. The summed E-state index contributed by atoms with van der Waals surface area (Å²) in [6.07, 6.45) is 2.09. The van der Waals surface area contributed by atoms with Crippen LogP contribution in [0.2, 0.25) is 0 Å². The molecule has 1 aliphatic rings. The molecule has 0 spiro atoms. The lowest BCUT2D eigenvalue weighted by Crippen LogP contribution is -2.33. The fourth-order valence-corrected chi connectivity index (χ4v) is 2.49. The van der Waals surface area contributed by atoms with Gasteiger partial charge in [0.15, 0.2) is 0 Å². The first-order chi connectivity index (χ1) is 9.42. The van der Waals surface area contributed by atoms with Crippen molar-refractivity contribution < 1.29 is 9.47 Å². The summed E-state index contributed by atoms with van der Waals surface area (Å²) in [5, 5.41) is 0. The number of ether oxygens (including phenoxy) is 2. The molecule has 2 heteroatoms. The van der Waals surface area contributed by atoms with E-state index in [9.17, 15) is 0 Å². The molecule has 1 aliphatic heterocycles. The Morgan fingerprint density at radius 2 is 1.05 bits per heavy atom. The molecule has 1 saturated heterocycles. The Morgan fingerprint density at radius 1 is 0.632 bits per heavy atom. The highest BCUT2D eigenvalue weighted by atomic mass is 16.7. The maximum atomic E-state index is 6.14. The van der Waals surface area contributed by atoms with E-state index in [2.05, 4.69) is 24.3 Å². The second-order valence-electron chi connectivity index (χ2n) is 4.75. The van der Waals surface area contributed by atoms with Crippen molar-refractivity contribution in [3.63, 3.8) is 0 Å². The van der Waals surface area contributed by atoms with Crippen molar-refractivity contribution in [3.05, 3.63) is 71.8 Å². The van der Waals surface area contributed by atoms with Gasteiger partial charge in [-0.05, 0) is 12.8 Å². The van der Waals surface area contributed by atoms with E-state index in [1.165, 1.54) is 0 Å². The lowest BCUT2D eigenvalue weighted by molar-refractivity contribution is -0.204. The Balaban J connectivity index is 2.09. The molecule has 0 atom stereocenters. The van der Waals surface area contributed by atoms with Crippen LogP contribution in [0.1, 0.15) is 24.0 Å². The highest BCUT2D eigenvalue weighted by molar-refractivity contribution is 5.33. The molecule has 1 fully saturated rings.